The molecular weight excluding hydrogens is 297 g/mol. The van der Waals surface area contributed by atoms with Gasteiger partial charge in [-0.2, -0.15) is 0 Å². The van der Waals surface area contributed by atoms with E-state index in [4.69, 9.17) is 0 Å². The molecule has 0 radical (unpaired) electrons. The first-order valence-electron chi connectivity index (χ1n) is 8.28. The first-order valence-corrected chi connectivity index (χ1v) is 8.28. The van der Waals surface area contributed by atoms with Crippen molar-refractivity contribution in [2.75, 3.05) is 0 Å². The fraction of sp³-hybridized carbons (Fsp3) is 0.556. The monoisotopic (exact) mass is 319 g/mol. The Morgan fingerprint density at radius 3 is 2.30 bits per heavy atom. The first kappa shape index (κ1) is 16.0. The van der Waals surface area contributed by atoms with Crippen molar-refractivity contribution < 1.29 is 19.1 Å². The van der Waals surface area contributed by atoms with Crippen molar-refractivity contribution in [1.82, 2.24) is 5.32 Å². The van der Waals surface area contributed by atoms with Crippen LogP contribution >= 0.6 is 0 Å². The number of rotatable bonds is 6. The van der Waals surface area contributed by atoms with Crippen LogP contribution in [0, 0.1) is 17.2 Å². The molecule has 1 aromatic rings. The van der Waals surface area contributed by atoms with E-state index in [1.807, 2.05) is 0 Å². The lowest BCUT2D eigenvalue weighted by Crippen LogP contribution is -2.44. The summed E-state index contributed by atoms with van der Waals surface area (Å²) in [5, 5.41) is 12.4. The molecule has 5 heteroatoms. The molecule has 124 valence electrons. The van der Waals surface area contributed by atoms with Crippen molar-refractivity contribution in [1.29, 1.82) is 0 Å². The number of carboxylic acids is 1. The van der Waals surface area contributed by atoms with Gasteiger partial charge in [-0.3, -0.25) is 9.59 Å². The molecule has 0 aliphatic heterocycles. The molecule has 1 atom stereocenters. The maximum Gasteiger partial charge on any atom is 0.310 e. The lowest BCUT2D eigenvalue weighted by molar-refractivity contribution is -0.157. The summed E-state index contributed by atoms with van der Waals surface area (Å²) in [7, 11) is 0. The Kier molecular flexibility index (Phi) is 4.37. The number of halogens is 1. The number of hydrogen-bond acceptors (Lipinski definition) is 2. The standard InChI is InChI=1S/C18H22FNO3/c19-14-7-5-13(6-8-14)16(12-3-1-4-12)20-15(21)11-18(17(22)23)9-2-10-18/h5-8,12,16H,1-4,9-11H2,(H,20,21)(H,22,23). The molecule has 3 rings (SSSR count). The highest BCUT2D eigenvalue weighted by molar-refractivity contribution is 5.85. The lowest BCUT2D eigenvalue weighted by atomic mass is 9.66. The Bertz CT molecular complexity index is 591. The average molecular weight is 319 g/mol. The Labute approximate surface area is 135 Å². The van der Waals surface area contributed by atoms with Gasteiger partial charge in [0.1, 0.15) is 5.82 Å². The van der Waals surface area contributed by atoms with Gasteiger partial charge in [0, 0.05) is 6.42 Å². The molecule has 2 N–H and O–H groups in total. The predicted octanol–water partition coefficient (Wildman–Crippen LogP) is 3.43. The van der Waals surface area contributed by atoms with E-state index in [2.05, 4.69) is 5.32 Å². The smallest absolute Gasteiger partial charge is 0.310 e. The van der Waals surface area contributed by atoms with E-state index in [1.54, 1.807) is 12.1 Å². The maximum atomic E-state index is 13.1. The Balaban J connectivity index is 1.70. The van der Waals surface area contributed by atoms with Gasteiger partial charge in [-0.1, -0.05) is 25.0 Å². The summed E-state index contributed by atoms with van der Waals surface area (Å²) in [6, 6.07) is 6.06. The average Bonchev–Trinajstić information content (AvgIpc) is 2.40. The molecule has 0 aromatic heterocycles. The maximum absolute atomic E-state index is 13.1. The third kappa shape index (κ3) is 3.23. The van der Waals surface area contributed by atoms with Gasteiger partial charge in [-0.05, 0) is 49.3 Å². The minimum absolute atomic E-state index is 0.0345. The van der Waals surface area contributed by atoms with E-state index < -0.39 is 11.4 Å². The van der Waals surface area contributed by atoms with Crippen molar-refractivity contribution >= 4 is 11.9 Å². The van der Waals surface area contributed by atoms with Gasteiger partial charge in [0.05, 0.1) is 11.5 Å². The summed E-state index contributed by atoms with van der Waals surface area (Å²) < 4.78 is 13.1. The highest BCUT2D eigenvalue weighted by atomic mass is 19.1. The van der Waals surface area contributed by atoms with E-state index in [0.717, 1.165) is 31.2 Å². The largest absolute Gasteiger partial charge is 0.481 e. The van der Waals surface area contributed by atoms with Gasteiger partial charge in [0.2, 0.25) is 5.91 Å². The second kappa shape index (κ2) is 6.30. The first-order chi connectivity index (χ1) is 11.0. The second-order valence-corrected chi connectivity index (χ2v) is 6.90. The summed E-state index contributed by atoms with van der Waals surface area (Å²) in [4.78, 5) is 23.8. The fourth-order valence-electron chi connectivity index (χ4n) is 3.52. The van der Waals surface area contributed by atoms with Gasteiger partial charge in [0.25, 0.3) is 0 Å². The van der Waals surface area contributed by atoms with E-state index >= 15 is 0 Å². The van der Waals surface area contributed by atoms with E-state index in [-0.39, 0.29) is 24.2 Å². The molecule has 2 saturated carbocycles. The van der Waals surface area contributed by atoms with E-state index in [1.165, 1.54) is 12.1 Å². The van der Waals surface area contributed by atoms with Crippen molar-refractivity contribution in [2.24, 2.45) is 11.3 Å². The minimum Gasteiger partial charge on any atom is -0.481 e. The van der Waals surface area contributed by atoms with Crippen molar-refractivity contribution in [2.45, 2.75) is 51.0 Å². The molecule has 1 aromatic carbocycles. The summed E-state index contributed by atoms with van der Waals surface area (Å²) in [6.07, 6.45) is 5.24. The summed E-state index contributed by atoms with van der Waals surface area (Å²) in [5.74, 6) is -1.03. The second-order valence-electron chi connectivity index (χ2n) is 6.90. The number of benzene rings is 1. The molecule has 0 bridgehead atoms. The van der Waals surface area contributed by atoms with Crippen molar-refractivity contribution in [3.8, 4) is 0 Å². The van der Waals surface area contributed by atoms with Crippen LogP contribution in [0.4, 0.5) is 4.39 Å². The van der Waals surface area contributed by atoms with E-state index in [9.17, 15) is 19.1 Å². The topological polar surface area (TPSA) is 66.4 Å². The highest BCUT2D eigenvalue weighted by Gasteiger charge is 2.46. The Hall–Kier alpha value is -1.91. The van der Waals surface area contributed by atoms with Gasteiger partial charge >= 0.3 is 5.97 Å². The minimum atomic E-state index is -0.878. The number of hydrogen-bond donors (Lipinski definition) is 2. The molecule has 1 unspecified atom stereocenters. The lowest BCUT2D eigenvalue weighted by Gasteiger charge is -2.39. The molecule has 2 aliphatic carbocycles. The number of carbonyl (C=O) groups excluding carboxylic acids is 1. The quantitative estimate of drug-likeness (QED) is 0.844. The zero-order valence-corrected chi connectivity index (χ0v) is 13.1. The fourth-order valence-corrected chi connectivity index (χ4v) is 3.52. The normalized spacial score (nSPS) is 20.9. The van der Waals surface area contributed by atoms with Crippen LogP contribution in [0.15, 0.2) is 24.3 Å². The molecule has 23 heavy (non-hydrogen) atoms. The molecule has 2 aliphatic rings. The number of amides is 1. The highest BCUT2D eigenvalue weighted by Crippen LogP contribution is 2.45. The van der Waals surface area contributed by atoms with Crippen LogP contribution in [0.2, 0.25) is 0 Å². The Morgan fingerprint density at radius 1 is 1.22 bits per heavy atom. The van der Waals surface area contributed by atoms with Gasteiger partial charge in [-0.25, -0.2) is 4.39 Å². The zero-order chi connectivity index (χ0) is 16.4. The molecular formula is C18H22FNO3. The molecule has 0 saturated heterocycles. The third-order valence-corrected chi connectivity index (χ3v) is 5.43. The summed E-state index contributed by atoms with van der Waals surface area (Å²) >= 11 is 0. The Morgan fingerprint density at radius 2 is 1.87 bits per heavy atom. The summed E-state index contributed by atoms with van der Waals surface area (Å²) in [5.41, 5.74) is 0.0132. The van der Waals surface area contributed by atoms with Crippen LogP contribution in [-0.2, 0) is 9.59 Å². The van der Waals surface area contributed by atoms with Crippen LogP contribution in [0.3, 0.4) is 0 Å². The molecule has 1 amide bonds. The number of aliphatic carboxylic acids is 1. The van der Waals surface area contributed by atoms with Crippen LogP contribution in [0.25, 0.3) is 0 Å². The van der Waals surface area contributed by atoms with Gasteiger partial charge in [0.15, 0.2) is 0 Å². The zero-order valence-electron chi connectivity index (χ0n) is 13.1. The number of carboxylic acid groups (broad SMARTS) is 1. The number of carbonyl (C=O) groups is 2. The summed E-state index contributed by atoms with van der Waals surface area (Å²) in [6.45, 7) is 0. The van der Waals surface area contributed by atoms with Crippen LogP contribution < -0.4 is 5.32 Å². The molecule has 0 spiro atoms. The third-order valence-electron chi connectivity index (χ3n) is 5.43. The molecule has 2 fully saturated rings. The van der Waals surface area contributed by atoms with Gasteiger partial charge < -0.3 is 10.4 Å². The molecule has 4 nitrogen and oxygen atoms in total. The number of nitrogens with one attached hydrogen (secondary N) is 1. The van der Waals surface area contributed by atoms with Gasteiger partial charge in [-0.15, -0.1) is 0 Å². The van der Waals surface area contributed by atoms with Crippen molar-refractivity contribution in [3.05, 3.63) is 35.6 Å². The van der Waals surface area contributed by atoms with Crippen LogP contribution in [0.1, 0.15) is 56.6 Å². The van der Waals surface area contributed by atoms with E-state index in [0.29, 0.717) is 18.8 Å². The molecule has 0 heterocycles. The van der Waals surface area contributed by atoms with Crippen LogP contribution in [0.5, 0.6) is 0 Å². The van der Waals surface area contributed by atoms with Crippen molar-refractivity contribution in [3.63, 3.8) is 0 Å². The SMILES string of the molecule is O=C(CC1(C(=O)O)CCC1)NC(c1ccc(F)cc1)C1CCC1. The van der Waals surface area contributed by atoms with Crippen LogP contribution in [-0.4, -0.2) is 17.0 Å². The predicted molar refractivity (Wildman–Crippen MR) is 83.2 cm³/mol.